The largest absolute Gasteiger partial charge is 0.492 e. The van der Waals surface area contributed by atoms with E-state index in [1.54, 1.807) is 60.6 Å². The lowest BCUT2D eigenvalue weighted by molar-refractivity contribution is -0.131. The van der Waals surface area contributed by atoms with E-state index in [1.165, 1.54) is 4.90 Å². The highest BCUT2D eigenvalue weighted by Crippen LogP contribution is 2.40. The summed E-state index contributed by atoms with van der Waals surface area (Å²) < 4.78 is 23.6. The number of fused-ring (bicyclic) bond motifs is 1. The lowest BCUT2D eigenvalue weighted by atomic mass is 9.93. The van der Waals surface area contributed by atoms with Crippen LogP contribution < -0.4 is 4.74 Å². The number of nitrogens with zero attached hydrogens (tertiary/aromatic N) is 6. The van der Waals surface area contributed by atoms with Gasteiger partial charge in [-0.3, -0.25) is 19.3 Å². The molecule has 202 valence electrons. The number of nitrogens with one attached hydrogen (secondary N) is 1. The van der Waals surface area contributed by atoms with Gasteiger partial charge in [0.25, 0.3) is 5.91 Å². The topological polar surface area (TPSA) is 109 Å². The second-order valence-electron chi connectivity index (χ2n) is 9.51. The first-order chi connectivity index (χ1) is 18.9. The Morgan fingerprint density at radius 1 is 1.18 bits per heavy atom. The van der Waals surface area contributed by atoms with E-state index in [0.717, 1.165) is 5.56 Å². The molecule has 1 aromatic carbocycles. The fourth-order valence-electron chi connectivity index (χ4n) is 4.82. The number of aryl methyl sites for hydroxylation is 1. The van der Waals surface area contributed by atoms with Crippen LogP contribution in [0.3, 0.4) is 0 Å². The van der Waals surface area contributed by atoms with Crippen LogP contribution in [0.25, 0.3) is 27.6 Å². The Hall–Kier alpha value is -4.54. The first-order valence-electron chi connectivity index (χ1n) is 12.8. The zero-order chi connectivity index (χ0) is 27.5. The lowest BCUT2D eigenvalue weighted by Gasteiger charge is -2.28. The second-order valence-corrected chi connectivity index (χ2v) is 9.51. The molecule has 4 aromatic rings. The molecular formula is C28H30FN7O3. The van der Waals surface area contributed by atoms with E-state index >= 15 is 4.39 Å². The third-order valence-electron chi connectivity index (χ3n) is 6.74. The summed E-state index contributed by atoms with van der Waals surface area (Å²) in [5.41, 5.74) is 3.02. The number of hydrogen-bond acceptors (Lipinski definition) is 6. The number of aromatic nitrogens is 5. The average Bonchev–Trinajstić information content (AvgIpc) is 3.63. The number of ether oxygens (including phenoxy) is 1. The minimum atomic E-state index is -0.471. The minimum Gasteiger partial charge on any atom is -0.492 e. The Morgan fingerprint density at radius 3 is 2.77 bits per heavy atom. The molecule has 1 aliphatic heterocycles. The van der Waals surface area contributed by atoms with Crippen LogP contribution in [0.4, 0.5) is 4.39 Å². The first-order valence-corrected chi connectivity index (χ1v) is 12.8. The van der Waals surface area contributed by atoms with Crippen LogP contribution in [0.5, 0.6) is 5.75 Å². The van der Waals surface area contributed by atoms with Gasteiger partial charge in [0.15, 0.2) is 5.82 Å². The van der Waals surface area contributed by atoms with Gasteiger partial charge in [-0.25, -0.2) is 4.39 Å². The molecule has 10 nitrogen and oxygen atoms in total. The summed E-state index contributed by atoms with van der Waals surface area (Å²) in [6.45, 7) is 3.57. The number of carbonyl (C=O) groups is 2. The monoisotopic (exact) mass is 531 g/mol. The number of aromatic amines is 1. The van der Waals surface area contributed by atoms with Gasteiger partial charge in [-0.2, -0.15) is 0 Å². The molecule has 11 heteroatoms. The fourth-order valence-corrected chi connectivity index (χ4v) is 4.82. The Bertz CT molecular complexity index is 1540. The smallest absolute Gasteiger partial charge is 0.269 e. The van der Waals surface area contributed by atoms with Gasteiger partial charge in [-0.15, -0.1) is 5.10 Å². The van der Waals surface area contributed by atoms with E-state index in [1.807, 2.05) is 19.1 Å². The van der Waals surface area contributed by atoms with E-state index in [2.05, 4.69) is 20.3 Å². The number of carbonyl (C=O) groups excluding carboxylic acids is 2. The number of benzene rings is 1. The van der Waals surface area contributed by atoms with Crippen molar-refractivity contribution in [1.29, 1.82) is 0 Å². The van der Waals surface area contributed by atoms with Gasteiger partial charge < -0.3 is 19.5 Å². The SMILES string of the molecule is CCOc1cnccc1-c1cc(C2=CCCN(C(=O)CCn3ccnn3)C2)c(F)c2[nH]c(C(=O)N(C)C)cc12. The molecule has 0 saturated heterocycles. The molecule has 5 rings (SSSR count). The van der Waals surface area contributed by atoms with E-state index < -0.39 is 5.82 Å². The van der Waals surface area contributed by atoms with Gasteiger partial charge in [0.1, 0.15) is 11.4 Å². The maximum Gasteiger partial charge on any atom is 0.269 e. The number of amides is 2. The molecule has 0 spiro atoms. The summed E-state index contributed by atoms with van der Waals surface area (Å²) in [6.07, 6.45) is 9.40. The Labute approximate surface area is 225 Å². The lowest BCUT2D eigenvalue weighted by Crippen LogP contribution is -2.36. The maximum absolute atomic E-state index is 16.2. The zero-order valence-electron chi connectivity index (χ0n) is 22.1. The average molecular weight is 532 g/mol. The number of halogens is 1. The minimum absolute atomic E-state index is 0.0377. The highest BCUT2D eigenvalue weighted by Gasteiger charge is 2.25. The van der Waals surface area contributed by atoms with Gasteiger partial charge in [0.05, 0.1) is 31.1 Å². The van der Waals surface area contributed by atoms with Crippen molar-refractivity contribution in [2.45, 2.75) is 26.3 Å². The third kappa shape index (κ3) is 5.25. The number of rotatable bonds is 8. The molecule has 0 radical (unpaired) electrons. The standard InChI is InChI=1S/C28H30FN7O3/c1-4-39-24-16-30-9-7-19(24)21-14-20(26(29)27-22(21)15-23(32-27)28(38)34(2)3)18-6-5-11-35(17-18)25(37)8-12-36-13-10-31-33-36/h6-7,9-10,13-16,32H,4-5,8,11-12,17H2,1-3H3. The molecule has 4 heterocycles. The van der Waals surface area contributed by atoms with Gasteiger partial charge >= 0.3 is 0 Å². The van der Waals surface area contributed by atoms with Crippen LogP contribution in [0.2, 0.25) is 0 Å². The van der Waals surface area contributed by atoms with Crippen molar-refractivity contribution in [2.75, 3.05) is 33.8 Å². The molecule has 1 N–H and O–H groups in total. The molecule has 0 bridgehead atoms. The van der Waals surface area contributed by atoms with Crippen molar-refractivity contribution in [1.82, 2.24) is 34.8 Å². The van der Waals surface area contributed by atoms with Gasteiger partial charge in [0.2, 0.25) is 5.91 Å². The molecule has 39 heavy (non-hydrogen) atoms. The molecule has 0 unspecified atom stereocenters. The highest BCUT2D eigenvalue weighted by molar-refractivity contribution is 6.05. The predicted octanol–water partition coefficient (Wildman–Crippen LogP) is 3.77. The quantitative estimate of drug-likeness (QED) is 0.371. The molecular weight excluding hydrogens is 501 g/mol. The number of hydrogen-bond donors (Lipinski definition) is 1. The molecule has 1 aliphatic rings. The van der Waals surface area contributed by atoms with Crippen molar-refractivity contribution in [3.8, 4) is 16.9 Å². The number of pyridine rings is 1. The van der Waals surface area contributed by atoms with E-state index in [0.29, 0.717) is 54.0 Å². The summed E-state index contributed by atoms with van der Waals surface area (Å²) >= 11 is 0. The Kier molecular flexibility index (Phi) is 7.40. The summed E-state index contributed by atoms with van der Waals surface area (Å²) in [5, 5.41) is 8.24. The molecule has 0 aliphatic carbocycles. The second kappa shape index (κ2) is 11.1. The zero-order valence-corrected chi connectivity index (χ0v) is 22.1. The van der Waals surface area contributed by atoms with Crippen LogP contribution in [0, 0.1) is 5.82 Å². The fraction of sp³-hybridized carbons (Fsp3) is 0.321. The van der Waals surface area contributed by atoms with Crippen LogP contribution in [0.1, 0.15) is 35.8 Å². The van der Waals surface area contributed by atoms with Gasteiger partial charge in [-0.05, 0) is 42.7 Å². The van der Waals surface area contributed by atoms with Crippen molar-refractivity contribution in [3.63, 3.8) is 0 Å². The molecule has 2 amide bonds. The summed E-state index contributed by atoms with van der Waals surface area (Å²) in [5.74, 6) is -0.215. The van der Waals surface area contributed by atoms with E-state index in [9.17, 15) is 9.59 Å². The van der Waals surface area contributed by atoms with Crippen LogP contribution in [0.15, 0.2) is 49.1 Å². The first kappa shape index (κ1) is 26.1. The van der Waals surface area contributed by atoms with Gasteiger partial charge in [-0.1, -0.05) is 11.3 Å². The molecule has 0 atom stereocenters. The van der Waals surface area contributed by atoms with Crippen LogP contribution in [-0.2, 0) is 11.3 Å². The highest BCUT2D eigenvalue weighted by atomic mass is 19.1. The van der Waals surface area contributed by atoms with Crippen molar-refractivity contribution < 1.29 is 18.7 Å². The van der Waals surface area contributed by atoms with Crippen molar-refractivity contribution in [2.24, 2.45) is 0 Å². The van der Waals surface area contributed by atoms with Crippen LogP contribution in [-0.4, -0.2) is 80.4 Å². The van der Waals surface area contributed by atoms with Crippen molar-refractivity contribution >= 4 is 28.3 Å². The van der Waals surface area contributed by atoms with E-state index in [4.69, 9.17) is 4.74 Å². The normalized spacial score (nSPS) is 13.4. The van der Waals surface area contributed by atoms with Crippen LogP contribution >= 0.6 is 0 Å². The van der Waals surface area contributed by atoms with Crippen molar-refractivity contribution in [3.05, 3.63) is 66.1 Å². The third-order valence-corrected chi connectivity index (χ3v) is 6.74. The Balaban J connectivity index is 1.56. The summed E-state index contributed by atoms with van der Waals surface area (Å²) in [7, 11) is 3.29. The summed E-state index contributed by atoms with van der Waals surface area (Å²) in [4.78, 5) is 36.1. The molecule has 0 fully saturated rings. The predicted molar refractivity (Wildman–Crippen MR) is 144 cm³/mol. The Morgan fingerprint density at radius 2 is 2.03 bits per heavy atom. The summed E-state index contributed by atoms with van der Waals surface area (Å²) in [6, 6.07) is 5.27. The van der Waals surface area contributed by atoms with Gasteiger partial charge in [0, 0.05) is 62.5 Å². The number of H-pyrrole nitrogens is 1. The molecule has 3 aromatic heterocycles. The molecule has 0 saturated carbocycles. The maximum atomic E-state index is 16.2. The van der Waals surface area contributed by atoms with E-state index in [-0.39, 0.29) is 36.0 Å².